The van der Waals surface area contributed by atoms with Gasteiger partial charge in [0.2, 0.25) is 0 Å². The van der Waals surface area contributed by atoms with Gasteiger partial charge in [-0.25, -0.2) is 0 Å². The number of guanidine groups is 1. The lowest BCUT2D eigenvalue weighted by Crippen LogP contribution is -2.38. The van der Waals surface area contributed by atoms with Crippen LogP contribution in [0.1, 0.15) is 11.1 Å². The standard InChI is InChI=1S/C20H26ClN3O3.HI/c1-22-20(24-13-14-7-5-6-8-17(14)21)23-10-9-16-18(26-3)11-15(25-2)12-19(16)27-4;/h5-8,11-12H,9-10,13H2,1-4H3,(H2,22,23,24);1H. The van der Waals surface area contributed by atoms with Crippen LogP contribution < -0.4 is 24.8 Å². The number of hydrogen-bond acceptors (Lipinski definition) is 4. The molecule has 0 amide bonds. The van der Waals surface area contributed by atoms with Gasteiger partial charge in [-0.05, 0) is 18.1 Å². The fraction of sp³-hybridized carbons (Fsp3) is 0.350. The summed E-state index contributed by atoms with van der Waals surface area (Å²) in [5, 5.41) is 7.28. The summed E-state index contributed by atoms with van der Waals surface area (Å²) in [6, 6.07) is 11.4. The van der Waals surface area contributed by atoms with Crippen LogP contribution in [0.5, 0.6) is 17.2 Å². The van der Waals surface area contributed by atoms with Gasteiger partial charge < -0.3 is 24.8 Å². The predicted molar refractivity (Wildman–Crippen MR) is 125 cm³/mol. The lowest BCUT2D eigenvalue weighted by atomic mass is 10.1. The molecule has 0 aliphatic rings. The molecule has 0 saturated heterocycles. The van der Waals surface area contributed by atoms with Crippen molar-refractivity contribution in [3.05, 3.63) is 52.5 Å². The molecule has 2 rings (SSSR count). The van der Waals surface area contributed by atoms with E-state index >= 15 is 0 Å². The third-order valence-electron chi connectivity index (χ3n) is 4.11. The fourth-order valence-electron chi connectivity index (χ4n) is 2.67. The summed E-state index contributed by atoms with van der Waals surface area (Å²) in [6.45, 7) is 1.25. The van der Waals surface area contributed by atoms with Crippen LogP contribution in [0, 0.1) is 0 Å². The molecule has 0 aliphatic heterocycles. The number of ether oxygens (including phenoxy) is 3. The van der Waals surface area contributed by atoms with E-state index in [4.69, 9.17) is 25.8 Å². The van der Waals surface area contributed by atoms with Crippen LogP contribution >= 0.6 is 35.6 Å². The van der Waals surface area contributed by atoms with Gasteiger partial charge in [0, 0.05) is 42.9 Å². The van der Waals surface area contributed by atoms with E-state index in [2.05, 4.69) is 15.6 Å². The number of benzene rings is 2. The molecule has 0 aromatic heterocycles. The van der Waals surface area contributed by atoms with E-state index in [1.54, 1.807) is 28.4 Å². The van der Waals surface area contributed by atoms with Crippen LogP contribution in [-0.2, 0) is 13.0 Å². The molecule has 2 aromatic rings. The van der Waals surface area contributed by atoms with E-state index in [1.165, 1.54) is 0 Å². The highest BCUT2D eigenvalue weighted by Gasteiger charge is 2.13. The highest BCUT2D eigenvalue weighted by molar-refractivity contribution is 14.0. The van der Waals surface area contributed by atoms with Crippen LogP contribution in [0.25, 0.3) is 0 Å². The molecule has 28 heavy (non-hydrogen) atoms. The van der Waals surface area contributed by atoms with Crippen molar-refractivity contribution in [3.8, 4) is 17.2 Å². The third-order valence-corrected chi connectivity index (χ3v) is 4.48. The Morgan fingerprint density at radius 1 is 1.00 bits per heavy atom. The van der Waals surface area contributed by atoms with Gasteiger partial charge in [0.1, 0.15) is 17.2 Å². The minimum atomic E-state index is 0. The third kappa shape index (κ3) is 6.63. The molecular formula is C20H27ClIN3O3. The number of hydrogen-bond donors (Lipinski definition) is 2. The van der Waals surface area contributed by atoms with Gasteiger partial charge in [0.25, 0.3) is 0 Å². The Bertz CT molecular complexity index is 762. The number of nitrogens with one attached hydrogen (secondary N) is 2. The number of nitrogens with zero attached hydrogens (tertiary/aromatic N) is 1. The van der Waals surface area contributed by atoms with Gasteiger partial charge in [-0.1, -0.05) is 29.8 Å². The second kappa shape index (κ2) is 12.6. The predicted octanol–water partition coefficient (Wildman–Crippen LogP) is 3.89. The molecule has 154 valence electrons. The number of methoxy groups -OCH3 is 3. The first kappa shape index (κ1) is 24.2. The molecule has 0 bridgehead atoms. The topological polar surface area (TPSA) is 64.1 Å². The first-order valence-corrected chi connectivity index (χ1v) is 8.97. The van der Waals surface area contributed by atoms with Crippen molar-refractivity contribution < 1.29 is 14.2 Å². The van der Waals surface area contributed by atoms with Gasteiger partial charge in [0.15, 0.2) is 5.96 Å². The van der Waals surface area contributed by atoms with E-state index in [-0.39, 0.29) is 24.0 Å². The Kier molecular flexibility index (Phi) is 10.8. The van der Waals surface area contributed by atoms with Crippen molar-refractivity contribution in [1.82, 2.24) is 10.6 Å². The van der Waals surface area contributed by atoms with Crippen LogP contribution in [0.3, 0.4) is 0 Å². The Labute approximate surface area is 188 Å². The first-order chi connectivity index (χ1) is 13.1. The second-order valence-corrected chi connectivity index (χ2v) is 6.11. The highest BCUT2D eigenvalue weighted by Crippen LogP contribution is 2.34. The molecule has 2 aromatic carbocycles. The Morgan fingerprint density at radius 3 is 2.18 bits per heavy atom. The van der Waals surface area contributed by atoms with E-state index in [1.807, 2.05) is 36.4 Å². The maximum atomic E-state index is 6.19. The summed E-state index contributed by atoms with van der Waals surface area (Å²) in [6.07, 6.45) is 0.698. The lowest BCUT2D eigenvalue weighted by molar-refractivity contribution is 0.368. The maximum Gasteiger partial charge on any atom is 0.191 e. The largest absolute Gasteiger partial charge is 0.496 e. The Hall–Kier alpha value is -1.87. The average molecular weight is 520 g/mol. The number of halogens is 2. The zero-order valence-corrected chi connectivity index (χ0v) is 19.6. The Morgan fingerprint density at radius 2 is 1.64 bits per heavy atom. The molecular weight excluding hydrogens is 493 g/mol. The monoisotopic (exact) mass is 519 g/mol. The first-order valence-electron chi connectivity index (χ1n) is 8.59. The van der Waals surface area contributed by atoms with Gasteiger partial charge in [-0.15, -0.1) is 24.0 Å². The van der Waals surface area contributed by atoms with E-state index in [0.29, 0.717) is 31.2 Å². The van der Waals surface area contributed by atoms with Gasteiger partial charge in [0.05, 0.1) is 21.3 Å². The van der Waals surface area contributed by atoms with Crippen molar-refractivity contribution in [3.63, 3.8) is 0 Å². The number of aliphatic imine (C=N–C) groups is 1. The molecule has 0 saturated carbocycles. The summed E-state index contributed by atoms with van der Waals surface area (Å²) in [7, 11) is 6.62. The maximum absolute atomic E-state index is 6.19. The summed E-state index contributed by atoms with van der Waals surface area (Å²) in [5.74, 6) is 2.85. The van der Waals surface area contributed by atoms with Crippen LogP contribution in [0.2, 0.25) is 5.02 Å². The molecule has 0 unspecified atom stereocenters. The zero-order chi connectivity index (χ0) is 19.6. The van der Waals surface area contributed by atoms with Crippen molar-refractivity contribution >= 4 is 41.5 Å². The molecule has 0 atom stereocenters. The van der Waals surface area contributed by atoms with Gasteiger partial charge in [-0.3, -0.25) is 4.99 Å². The van der Waals surface area contributed by atoms with E-state index < -0.39 is 0 Å². The molecule has 0 heterocycles. The van der Waals surface area contributed by atoms with Crippen molar-refractivity contribution in [2.45, 2.75) is 13.0 Å². The summed E-state index contributed by atoms with van der Waals surface area (Å²) < 4.78 is 16.3. The highest BCUT2D eigenvalue weighted by atomic mass is 127. The molecule has 0 aliphatic carbocycles. The minimum absolute atomic E-state index is 0. The van der Waals surface area contributed by atoms with Crippen molar-refractivity contribution in [2.24, 2.45) is 4.99 Å². The lowest BCUT2D eigenvalue weighted by Gasteiger charge is -2.16. The zero-order valence-electron chi connectivity index (χ0n) is 16.5. The van der Waals surface area contributed by atoms with Crippen LogP contribution in [-0.4, -0.2) is 40.9 Å². The molecule has 8 heteroatoms. The van der Waals surface area contributed by atoms with Crippen LogP contribution in [0.15, 0.2) is 41.4 Å². The normalized spacial score (nSPS) is 10.7. The van der Waals surface area contributed by atoms with E-state index in [9.17, 15) is 0 Å². The molecule has 0 radical (unpaired) electrons. The summed E-state index contributed by atoms with van der Waals surface area (Å²) >= 11 is 6.19. The molecule has 6 nitrogen and oxygen atoms in total. The minimum Gasteiger partial charge on any atom is -0.496 e. The average Bonchev–Trinajstić information content (AvgIpc) is 2.71. The van der Waals surface area contributed by atoms with Gasteiger partial charge >= 0.3 is 0 Å². The molecule has 0 fully saturated rings. The quantitative estimate of drug-likeness (QED) is 0.315. The van der Waals surface area contributed by atoms with Crippen molar-refractivity contribution in [1.29, 1.82) is 0 Å². The van der Waals surface area contributed by atoms with E-state index in [0.717, 1.165) is 27.6 Å². The smallest absolute Gasteiger partial charge is 0.191 e. The van der Waals surface area contributed by atoms with Gasteiger partial charge in [-0.2, -0.15) is 0 Å². The second-order valence-electron chi connectivity index (χ2n) is 5.70. The van der Waals surface area contributed by atoms with Crippen LogP contribution in [0.4, 0.5) is 0 Å². The molecule has 2 N–H and O–H groups in total. The van der Waals surface area contributed by atoms with Crippen molar-refractivity contribution in [2.75, 3.05) is 34.9 Å². The Balaban J connectivity index is 0.00000392. The summed E-state index contributed by atoms with van der Waals surface area (Å²) in [5.41, 5.74) is 1.98. The SMILES string of the molecule is CN=C(NCCc1c(OC)cc(OC)cc1OC)NCc1ccccc1Cl.I. The fourth-order valence-corrected chi connectivity index (χ4v) is 2.87. The molecule has 0 spiro atoms. The number of rotatable bonds is 8. The summed E-state index contributed by atoms with van der Waals surface area (Å²) in [4.78, 5) is 4.25.